The van der Waals surface area contributed by atoms with Gasteiger partial charge in [-0.05, 0) is 44.0 Å². The Morgan fingerprint density at radius 1 is 1.35 bits per heavy atom. The lowest BCUT2D eigenvalue weighted by atomic mass is 9.95. The van der Waals surface area contributed by atoms with Gasteiger partial charge in [0.25, 0.3) is 0 Å². The Labute approximate surface area is 103 Å². The van der Waals surface area contributed by atoms with Crippen molar-refractivity contribution >= 4 is 5.84 Å². The fraction of sp³-hybridized carbons (Fsp3) is 0.500. The van der Waals surface area contributed by atoms with E-state index in [1.54, 1.807) is 0 Å². The number of hydrogen-bond acceptors (Lipinski definition) is 2. The molecule has 2 rings (SSSR count). The van der Waals surface area contributed by atoms with Crippen molar-refractivity contribution in [2.75, 3.05) is 13.1 Å². The molecule has 0 amide bonds. The summed E-state index contributed by atoms with van der Waals surface area (Å²) in [6, 6.07) is 8.55. The van der Waals surface area contributed by atoms with Gasteiger partial charge in [-0.3, -0.25) is 10.3 Å². The second kappa shape index (κ2) is 5.32. The molecule has 1 aromatic carbocycles. The fourth-order valence-electron chi connectivity index (χ4n) is 2.43. The molecule has 3 N–H and O–H groups in total. The van der Waals surface area contributed by atoms with E-state index in [0.29, 0.717) is 11.8 Å². The predicted octanol–water partition coefficient (Wildman–Crippen LogP) is 2.14. The van der Waals surface area contributed by atoms with E-state index in [0.717, 1.165) is 32.5 Å². The lowest BCUT2D eigenvalue weighted by Crippen LogP contribution is -2.37. The smallest absolute Gasteiger partial charge is 0.0937 e. The topological polar surface area (TPSA) is 53.1 Å². The normalized spacial score (nSPS) is 18.2. The predicted molar refractivity (Wildman–Crippen MR) is 71.1 cm³/mol. The molecule has 92 valence electrons. The third-order valence-electron chi connectivity index (χ3n) is 3.68. The van der Waals surface area contributed by atoms with E-state index in [-0.39, 0.29) is 0 Å². The highest BCUT2D eigenvalue weighted by Crippen LogP contribution is 2.19. The van der Waals surface area contributed by atoms with Crippen molar-refractivity contribution < 1.29 is 0 Å². The number of benzene rings is 1. The molecule has 0 unspecified atom stereocenters. The van der Waals surface area contributed by atoms with Crippen LogP contribution in [0.1, 0.15) is 24.0 Å². The van der Waals surface area contributed by atoms with Crippen molar-refractivity contribution in [3.05, 3.63) is 35.4 Å². The number of nitrogens with zero attached hydrogens (tertiary/aromatic N) is 1. The molecule has 3 heteroatoms. The summed E-state index contributed by atoms with van der Waals surface area (Å²) in [6.07, 6.45) is 2.06. The monoisotopic (exact) mass is 231 g/mol. The van der Waals surface area contributed by atoms with Crippen LogP contribution in [0, 0.1) is 18.3 Å². The summed E-state index contributed by atoms with van der Waals surface area (Å²) in [5.41, 5.74) is 8.33. The van der Waals surface area contributed by atoms with E-state index < -0.39 is 0 Å². The summed E-state index contributed by atoms with van der Waals surface area (Å²) in [5, 5.41) is 7.47. The van der Waals surface area contributed by atoms with Crippen LogP contribution >= 0.6 is 0 Å². The molecule has 0 saturated carbocycles. The van der Waals surface area contributed by atoms with Crippen LogP contribution in [-0.4, -0.2) is 23.8 Å². The molecule has 1 fully saturated rings. The molecular formula is C14H21N3. The summed E-state index contributed by atoms with van der Waals surface area (Å²) in [5.74, 6) is 0.670. The first-order valence-electron chi connectivity index (χ1n) is 6.27. The zero-order valence-corrected chi connectivity index (χ0v) is 10.4. The van der Waals surface area contributed by atoms with Gasteiger partial charge >= 0.3 is 0 Å². The Hall–Kier alpha value is -1.35. The molecular weight excluding hydrogens is 210 g/mol. The third-order valence-corrected chi connectivity index (χ3v) is 3.68. The first-order valence-corrected chi connectivity index (χ1v) is 6.27. The summed E-state index contributed by atoms with van der Waals surface area (Å²) in [6.45, 7) is 5.30. The minimum Gasteiger partial charge on any atom is -0.387 e. The van der Waals surface area contributed by atoms with E-state index >= 15 is 0 Å². The second-order valence-electron chi connectivity index (χ2n) is 4.93. The molecule has 1 heterocycles. The highest BCUT2D eigenvalue weighted by molar-refractivity contribution is 5.79. The van der Waals surface area contributed by atoms with Crippen molar-refractivity contribution in [2.45, 2.75) is 26.3 Å². The van der Waals surface area contributed by atoms with Gasteiger partial charge in [0.2, 0.25) is 0 Å². The van der Waals surface area contributed by atoms with Crippen molar-refractivity contribution in [3.8, 4) is 0 Å². The number of nitrogens with one attached hydrogen (secondary N) is 1. The first kappa shape index (κ1) is 12.1. The maximum Gasteiger partial charge on any atom is 0.0937 e. The average Bonchev–Trinajstić information content (AvgIpc) is 2.33. The standard InChI is InChI=1S/C14H21N3/c1-11-4-2-3-5-13(11)10-17-8-6-12(7-9-17)14(15)16/h2-5,12H,6-10H2,1H3,(H3,15,16). The number of hydrogen-bond donors (Lipinski definition) is 2. The molecule has 3 nitrogen and oxygen atoms in total. The van der Waals surface area contributed by atoms with Crippen LogP contribution in [0.5, 0.6) is 0 Å². The second-order valence-corrected chi connectivity index (χ2v) is 4.93. The summed E-state index contributed by atoms with van der Waals surface area (Å²) in [4.78, 5) is 2.46. The Bertz CT molecular complexity index is 392. The summed E-state index contributed by atoms with van der Waals surface area (Å²) < 4.78 is 0. The zero-order chi connectivity index (χ0) is 12.3. The van der Waals surface area contributed by atoms with Crippen LogP contribution < -0.4 is 5.73 Å². The lowest BCUT2D eigenvalue weighted by Gasteiger charge is -2.31. The Morgan fingerprint density at radius 2 is 2.00 bits per heavy atom. The van der Waals surface area contributed by atoms with Crippen LogP contribution in [-0.2, 0) is 6.54 Å². The maximum absolute atomic E-state index is 7.47. The van der Waals surface area contributed by atoms with Crippen molar-refractivity contribution in [3.63, 3.8) is 0 Å². The van der Waals surface area contributed by atoms with Gasteiger partial charge in [0.15, 0.2) is 0 Å². The van der Waals surface area contributed by atoms with Crippen LogP contribution in [0.4, 0.5) is 0 Å². The highest BCUT2D eigenvalue weighted by atomic mass is 15.1. The fourth-order valence-corrected chi connectivity index (χ4v) is 2.43. The van der Waals surface area contributed by atoms with Gasteiger partial charge < -0.3 is 5.73 Å². The van der Waals surface area contributed by atoms with Crippen molar-refractivity contribution in [1.29, 1.82) is 5.41 Å². The molecule has 0 aliphatic carbocycles. The quantitative estimate of drug-likeness (QED) is 0.618. The van der Waals surface area contributed by atoms with Gasteiger partial charge in [0.05, 0.1) is 5.84 Å². The van der Waals surface area contributed by atoms with E-state index in [1.165, 1.54) is 11.1 Å². The van der Waals surface area contributed by atoms with Gasteiger partial charge in [-0.15, -0.1) is 0 Å². The third kappa shape index (κ3) is 3.07. The largest absolute Gasteiger partial charge is 0.387 e. The van der Waals surface area contributed by atoms with E-state index in [1.807, 2.05) is 0 Å². The molecule has 0 radical (unpaired) electrons. The van der Waals surface area contributed by atoms with E-state index in [2.05, 4.69) is 36.1 Å². The maximum atomic E-state index is 7.47. The van der Waals surface area contributed by atoms with E-state index in [9.17, 15) is 0 Å². The lowest BCUT2D eigenvalue weighted by molar-refractivity contribution is 0.201. The Morgan fingerprint density at radius 3 is 2.59 bits per heavy atom. The van der Waals surface area contributed by atoms with E-state index in [4.69, 9.17) is 11.1 Å². The SMILES string of the molecule is Cc1ccccc1CN1CCC(C(=N)N)CC1. The average molecular weight is 231 g/mol. The molecule has 1 aromatic rings. The summed E-state index contributed by atoms with van der Waals surface area (Å²) in [7, 11) is 0. The van der Waals surface area contributed by atoms with Gasteiger partial charge in [0, 0.05) is 12.5 Å². The van der Waals surface area contributed by atoms with Crippen LogP contribution in [0.25, 0.3) is 0 Å². The number of rotatable bonds is 3. The van der Waals surface area contributed by atoms with Gasteiger partial charge in [-0.1, -0.05) is 24.3 Å². The van der Waals surface area contributed by atoms with Crippen LogP contribution in [0.3, 0.4) is 0 Å². The molecule has 1 saturated heterocycles. The molecule has 0 spiro atoms. The number of nitrogens with two attached hydrogens (primary N) is 1. The minimum atomic E-state index is 0.308. The zero-order valence-electron chi connectivity index (χ0n) is 10.4. The van der Waals surface area contributed by atoms with Gasteiger partial charge in [-0.2, -0.15) is 0 Å². The number of amidine groups is 1. The molecule has 0 atom stereocenters. The van der Waals surface area contributed by atoms with Crippen LogP contribution in [0.15, 0.2) is 24.3 Å². The van der Waals surface area contributed by atoms with Crippen LogP contribution in [0.2, 0.25) is 0 Å². The van der Waals surface area contributed by atoms with Gasteiger partial charge in [0.1, 0.15) is 0 Å². The number of likely N-dealkylation sites (tertiary alicyclic amines) is 1. The first-order chi connectivity index (χ1) is 8.16. The van der Waals surface area contributed by atoms with Crippen molar-refractivity contribution in [1.82, 2.24) is 4.90 Å². The highest BCUT2D eigenvalue weighted by Gasteiger charge is 2.21. The Balaban J connectivity index is 1.90. The number of piperidine rings is 1. The molecule has 0 bridgehead atoms. The minimum absolute atomic E-state index is 0.308. The molecule has 0 aromatic heterocycles. The summed E-state index contributed by atoms with van der Waals surface area (Å²) >= 11 is 0. The molecule has 1 aliphatic rings. The molecule has 17 heavy (non-hydrogen) atoms. The van der Waals surface area contributed by atoms with Crippen molar-refractivity contribution in [2.24, 2.45) is 11.7 Å². The molecule has 1 aliphatic heterocycles. The number of aryl methyl sites for hydroxylation is 1. The van der Waals surface area contributed by atoms with Gasteiger partial charge in [-0.25, -0.2) is 0 Å². The Kier molecular flexibility index (Phi) is 3.79.